The summed E-state index contributed by atoms with van der Waals surface area (Å²) in [7, 11) is 0. The Morgan fingerprint density at radius 3 is 2.61 bits per heavy atom. The zero-order valence-electron chi connectivity index (χ0n) is 16.3. The topological polar surface area (TPSA) is 47.1 Å². The highest BCUT2D eigenvalue weighted by molar-refractivity contribution is 7.98. The highest BCUT2D eigenvalue weighted by atomic mass is 32.2. The second kappa shape index (κ2) is 8.53. The molecule has 0 saturated heterocycles. The van der Waals surface area contributed by atoms with Crippen molar-refractivity contribution in [2.24, 2.45) is 0 Å². The SMILES string of the molecule is Fc1ccc(-c2cnc(SCc3cc(F)cc4c3OC(c3ccccc3)OC4)[nH]2)cc1. The molecule has 7 heteroatoms. The molecule has 0 amide bonds. The van der Waals surface area contributed by atoms with Crippen molar-refractivity contribution in [3.8, 4) is 17.0 Å². The van der Waals surface area contributed by atoms with Gasteiger partial charge in [-0.25, -0.2) is 13.8 Å². The monoisotopic (exact) mass is 436 g/mol. The molecule has 31 heavy (non-hydrogen) atoms. The van der Waals surface area contributed by atoms with Crippen LogP contribution in [0.2, 0.25) is 0 Å². The fraction of sp³-hybridized carbons (Fsp3) is 0.125. The van der Waals surface area contributed by atoms with E-state index in [1.807, 2.05) is 30.3 Å². The molecule has 4 nitrogen and oxygen atoms in total. The van der Waals surface area contributed by atoms with E-state index in [-0.39, 0.29) is 18.2 Å². The van der Waals surface area contributed by atoms with E-state index >= 15 is 0 Å². The summed E-state index contributed by atoms with van der Waals surface area (Å²) < 4.78 is 39.2. The van der Waals surface area contributed by atoms with E-state index < -0.39 is 6.29 Å². The van der Waals surface area contributed by atoms with Crippen LogP contribution in [-0.4, -0.2) is 9.97 Å². The van der Waals surface area contributed by atoms with Crippen LogP contribution in [0.4, 0.5) is 8.78 Å². The Labute approximate surface area is 182 Å². The Kier molecular flexibility index (Phi) is 5.44. The highest BCUT2D eigenvalue weighted by Crippen LogP contribution is 2.38. The van der Waals surface area contributed by atoms with Crippen LogP contribution in [0.5, 0.6) is 5.75 Å². The number of hydrogen-bond acceptors (Lipinski definition) is 4. The van der Waals surface area contributed by atoms with Crippen molar-refractivity contribution in [3.05, 3.63) is 101 Å². The van der Waals surface area contributed by atoms with Crippen LogP contribution >= 0.6 is 11.8 Å². The molecular weight excluding hydrogens is 418 g/mol. The van der Waals surface area contributed by atoms with Crippen molar-refractivity contribution in [3.63, 3.8) is 0 Å². The van der Waals surface area contributed by atoms with Gasteiger partial charge in [0, 0.05) is 22.4 Å². The average molecular weight is 436 g/mol. The molecule has 1 aliphatic rings. The lowest BCUT2D eigenvalue weighted by Gasteiger charge is -2.28. The quantitative estimate of drug-likeness (QED) is 0.376. The number of fused-ring (bicyclic) bond motifs is 1. The first-order valence-electron chi connectivity index (χ1n) is 9.74. The first kappa shape index (κ1) is 19.8. The van der Waals surface area contributed by atoms with Gasteiger partial charge in [0.05, 0.1) is 18.5 Å². The molecule has 2 heterocycles. The number of nitrogens with zero attached hydrogens (tertiary/aromatic N) is 1. The van der Waals surface area contributed by atoms with E-state index in [2.05, 4.69) is 9.97 Å². The number of hydrogen-bond donors (Lipinski definition) is 1. The molecule has 1 aromatic heterocycles. The molecule has 1 aliphatic heterocycles. The third-order valence-electron chi connectivity index (χ3n) is 4.97. The zero-order chi connectivity index (χ0) is 21.2. The van der Waals surface area contributed by atoms with Crippen molar-refractivity contribution >= 4 is 11.8 Å². The second-order valence-electron chi connectivity index (χ2n) is 7.12. The molecule has 0 saturated carbocycles. The van der Waals surface area contributed by atoms with Gasteiger partial charge in [-0.3, -0.25) is 0 Å². The van der Waals surface area contributed by atoms with E-state index in [1.54, 1.807) is 18.3 Å². The third kappa shape index (κ3) is 4.33. The van der Waals surface area contributed by atoms with Crippen LogP contribution in [0.15, 0.2) is 78.1 Å². The Morgan fingerprint density at radius 1 is 1.00 bits per heavy atom. The maximum absolute atomic E-state index is 14.2. The Bertz CT molecular complexity index is 1200. The Morgan fingerprint density at radius 2 is 1.81 bits per heavy atom. The first-order valence-corrected chi connectivity index (χ1v) is 10.7. The number of imidazole rings is 1. The first-order chi connectivity index (χ1) is 15.2. The predicted molar refractivity (Wildman–Crippen MR) is 115 cm³/mol. The summed E-state index contributed by atoms with van der Waals surface area (Å²) in [4.78, 5) is 7.60. The smallest absolute Gasteiger partial charge is 0.227 e. The standard InChI is InChI=1S/C24H18F2N2O2S/c25-19-8-6-15(7-9-19)21-12-27-24(28-21)31-14-18-11-20(26)10-17-13-29-23(30-22(17)18)16-4-2-1-3-5-16/h1-12,23H,13-14H2,(H,27,28). The zero-order valence-corrected chi connectivity index (χ0v) is 17.2. The minimum absolute atomic E-state index is 0.278. The van der Waals surface area contributed by atoms with E-state index in [4.69, 9.17) is 9.47 Å². The summed E-state index contributed by atoms with van der Waals surface area (Å²) in [5.74, 6) is 0.509. The number of aromatic amines is 1. The van der Waals surface area contributed by atoms with Crippen LogP contribution < -0.4 is 4.74 Å². The molecule has 0 radical (unpaired) electrons. The third-order valence-corrected chi connectivity index (χ3v) is 5.90. The van der Waals surface area contributed by atoms with Gasteiger partial charge < -0.3 is 14.5 Å². The van der Waals surface area contributed by atoms with Crippen LogP contribution in [0, 0.1) is 11.6 Å². The van der Waals surface area contributed by atoms with Gasteiger partial charge in [-0.2, -0.15) is 0 Å². The van der Waals surface area contributed by atoms with Crippen LogP contribution in [0.3, 0.4) is 0 Å². The summed E-state index contributed by atoms with van der Waals surface area (Å²) in [6.07, 6.45) is 1.17. The van der Waals surface area contributed by atoms with Gasteiger partial charge in [0.2, 0.25) is 6.29 Å². The number of nitrogens with one attached hydrogen (secondary N) is 1. The Balaban J connectivity index is 1.35. The van der Waals surface area contributed by atoms with Crippen LogP contribution in [-0.2, 0) is 17.1 Å². The maximum atomic E-state index is 14.2. The number of ether oxygens (including phenoxy) is 2. The van der Waals surface area contributed by atoms with E-state index in [0.717, 1.165) is 22.4 Å². The van der Waals surface area contributed by atoms with E-state index in [0.29, 0.717) is 22.2 Å². The molecule has 4 aromatic rings. The summed E-state index contributed by atoms with van der Waals surface area (Å²) in [5, 5.41) is 0.684. The molecule has 0 aliphatic carbocycles. The Hall–Kier alpha value is -3.16. The fourth-order valence-electron chi connectivity index (χ4n) is 3.46. The highest BCUT2D eigenvalue weighted by Gasteiger charge is 2.25. The summed E-state index contributed by atoms with van der Waals surface area (Å²) in [6, 6.07) is 18.8. The van der Waals surface area contributed by atoms with Gasteiger partial charge in [-0.05, 0) is 42.0 Å². The molecule has 1 atom stereocenters. The average Bonchev–Trinajstić information content (AvgIpc) is 3.27. The number of benzene rings is 3. The number of thioether (sulfide) groups is 1. The minimum atomic E-state index is -0.531. The molecule has 0 bridgehead atoms. The van der Waals surface area contributed by atoms with Crippen molar-refractivity contribution in [2.75, 3.05) is 0 Å². The molecule has 3 aromatic carbocycles. The van der Waals surface area contributed by atoms with E-state index in [9.17, 15) is 8.78 Å². The predicted octanol–water partition coefficient (Wildman–Crippen LogP) is 6.26. The van der Waals surface area contributed by atoms with Gasteiger partial charge in [0.1, 0.15) is 17.4 Å². The van der Waals surface area contributed by atoms with Crippen LogP contribution in [0.1, 0.15) is 23.0 Å². The normalized spacial score (nSPS) is 15.4. The molecule has 156 valence electrons. The van der Waals surface area contributed by atoms with Crippen molar-refractivity contribution in [1.29, 1.82) is 0 Å². The molecule has 1 unspecified atom stereocenters. The van der Waals surface area contributed by atoms with Gasteiger partial charge in [-0.15, -0.1) is 0 Å². The number of aromatic nitrogens is 2. The molecule has 5 rings (SSSR count). The number of H-pyrrole nitrogens is 1. The van der Waals surface area contributed by atoms with Gasteiger partial charge >= 0.3 is 0 Å². The minimum Gasteiger partial charge on any atom is -0.460 e. The molecule has 0 spiro atoms. The summed E-state index contributed by atoms with van der Waals surface area (Å²) in [6.45, 7) is 0.278. The van der Waals surface area contributed by atoms with Crippen molar-refractivity contribution in [1.82, 2.24) is 9.97 Å². The van der Waals surface area contributed by atoms with Gasteiger partial charge in [0.15, 0.2) is 5.16 Å². The van der Waals surface area contributed by atoms with Crippen LogP contribution in [0.25, 0.3) is 11.3 Å². The fourth-order valence-corrected chi connectivity index (χ4v) is 4.27. The summed E-state index contributed by atoms with van der Waals surface area (Å²) >= 11 is 1.44. The molecular formula is C24H18F2N2O2S. The number of rotatable bonds is 5. The van der Waals surface area contributed by atoms with E-state index in [1.165, 1.54) is 36.0 Å². The lowest BCUT2D eigenvalue weighted by molar-refractivity contribution is -0.112. The van der Waals surface area contributed by atoms with Gasteiger partial charge in [0.25, 0.3) is 0 Å². The largest absolute Gasteiger partial charge is 0.460 e. The molecule has 1 N–H and O–H groups in total. The summed E-state index contributed by atoms with van der Waals surface area (Å²) in [5.41, 5.74) is 3.97. The lowest BCUT2D eigenvalue weighted by Crippen LogP contribution is -2.19. The second-order valence-corrected chi connectivity index (χ2v) is 8.09. The van der Waals surface area contributed by atoms with Gasteiger partial charge in [-0.1, -0.05) is 42.1 Å². The number of halogens is 2. The van der Waals surface area contributed by atoms with Crippen molar-refractivity contribution in [2.45, 2.75) is 23.8 Å². The molecule has 0 fully saturated rings. The van der Waals surface area contributed by atoms with Crippen molar-refractivity contribution < 1.29 is 18.3 Å². The lowest BCUT2D eigenvalue weighted by atomic mass is 10.1. The maximum Gasteiger partial charge on any atom is 0.227 e.